The van der Waals surface area contributed by atoms with Crippen LogP contribution in [0.15, 0.2) is 61.2 Å². The van der Waals surface area contributed by atoms with Crippen molar-refractivity contribution in [2.45, 2.75) is 13.1 Å². The first-order valence-electron chi connectivity index (χ1n) is 8.42. The first kappa shape index (κ1) is 14.9. The fraction of sp³-hybridized carbons (Fsp3) is 0.300. The van der Waals surface area contributed by atoms with E-state index >= 15 is 0 Å². The lowest BCUT2D eigenvalue weighted by molar-refractivity contribution is 0.291. The molecular formula is C20H24N4. The maximum Gasteiger partial charge on any atom is 0.0894 e. The first-order valence-corrected chi connectivity index (χ1v) is 8.42. The zero-order chi connectivity index (χ0) is 16.5. The SMILES string of the molecule is CN1C=CN(Cc2ccc3cc(CN4C=CN(C)C4)ccc3c2)C1. The molecule has 2 aromatic carbocycles. The summed E-state index contributed by atoms with van der Waals surface area (Å²) in [5.74, 6) is 0. The van der Waals surface area contributed by atoms with Crippen LogP contribution in [0.4, 0.5) is 0 Å². The van der Waals surface area contributed by atoms with Crippen LogP contribution in [0, 0.1) is 0 Å². The Balaban J connectivity index is 1.48. The molecule has 0 bridgehead atoms. The van der Waals surface area contributed by atoms with E-state index in [0.717, 1.165) is 26.4 Å². The molecule has 2 heterocycles. The van der Waals surface area contributed by atoms with Crippen LogP contribution >= 0.6 is 0 Å². The number of hydrogen-bond acceptors (Lipinski definition) is 4. The van der Waals surface area contributed by atoms with Gasteiger partial charge < -0.3 is 19.6 Å². The van der Waals surface area contributed by atoms with Gasteiger partial charge in [0, 0.05) is 52.0 Å². The van der Waals surface area contributed by atoms with E-state index in [-0.39, 0.29) is 0 Å². The van der Waals surface area contributed by atoms with E-state index in [1.807, 2.05) is 0 Å². The standard InChI is InChI=1S/C20H24N4/c1-21-7-9-23(15-21)13-17-3-5-20-12-18(4-6-19(20)11-17)14-24-10-8-22(2)16-24/h3-12H,13-16H2,1-2H3. The topological polar surface area (TPSA) is 13.0 Å². The molecule has 0 unspecified atom stereocenters. The number of benzene rings is 2. The Bertz CT molecular complexity index is 728. The van der Waals surface area contributed by atoms with Gasteiger partial charge in [0.2, 0.25) is 0 Å². The fourth-order valence-electron chi connectivity index (χ4n) is 3.39. The van der Waals surface area contributed by atoms with E-state index in [1.165, 1.54) is 21.9 Å². The van der Waals surface area contributed by atoms with Crippen molar-refractivity contribution >= 4 is 10.8 Å². The summed E-state index contributed by atoms with van der Waals surface area (Å²) in [5, 5.41) is 2.64. The van der Waals surface area contributed by atoms with Crippen molar-refractivity contribution < 1.29 is 0 Å². The minimum Gasteiger partial charge on any atom is -0.362 e. The van der Waals surface area contributed by atoms with Gasteiger partial charge in [-0.1, -0.05) is 24.3 Å². The average Bonchev–Trinajstić information content (AvgIpc) is 3.16. The van der Waals surface area contributed by atoms with Crippen molar-refractivity contribution in [1.82, 2.24) is 19.6 Å². The van der Waals surface area contributed by atoms with Crippen LogP contribution in [0.2, 0.25) is 0 Å². The van der Waals surface area contributed by atoms with E-state index in [2.05, 4.69) is 94.9 Å². The minimum absolute atomic E-state index is 0.962. The Morgan fingerprint density at radius 1 is 0.667 bits per heavy atom. The molecule has 4 heteroatoms. The van der Waals surface area contributed by atoms with Crippen LogP contribution in [0.1, 0.15) is 11.1 Å². The molecule has 0 saturated heterocycles. The molecular weight excluding hydrogens is 296 g/mol. The average molecular weight is 320 g/mol. The van der Waals surface area contributed by atoms with Crippen LogP contribution in [-0.2, 0) is 13.1 Å². The maximum atomic E-state index is 2.33. The van der Waals surface area contributed by atoms with Gasteiger partial charge >= 0.3 is 0 Å². The van der Waals surface area contributed by atoms with E-state index in [0.29, 0.717) is 0 Å². The molecule has 2 aliphatic heterocycles. The number of hydrogen-bond donors (Lipinski definition) is 0. The summed E-state index contributed by atoms with van der Waals surface area (Å²) >= 11 is 0. The molecule has 0 aliphatic carbocycles. The van der Waals surface area contributed by atoms with Crippen LogP contribution in [0.25, 0.3) is 10.8 Å². The van der Waals surface area contributed by atoms with Crippen LogP contribution in [0.5, 0.6) is 0 Å². The molecule has 0 spiro atoms. The predicted octanol–water partition coefficient (Wildman–Crippen LogP) is 3.19. The Labute approximate surface area is 143 Å². The summed E-state index contributed by atoms with van der Waals surface area (Å²) in [7, 11) is 4.21. The Morgan fingerprint density at radius 2 is 1.12 bits per heavy atom. The lowest BCUT2D eigenvalue weighted by Crippen LogP contribution is -2.22. The second-order valence-electron chi connectivity index (χ2n) is 6.90. The summed E-state index contributed by atoms with van der Waals surface area (Å²) in [6.45, 7) is 3.86. The Hall–Kier alpha value is -2.62. The van der Waals surface area contributed by atoms with Gasteiger partial charge in [0.1, 0.15) is 0 Å². The van der Waals surface area contributed by atoms with Crippen molar-refractivity contribution in [1.29, 1.82) is 0 Å². The number of rotatable bonds is 4. The second kappa shape index (κ2) is 6.11. The van der Waals surface area contributed by atoms with Crippen molar-refractivity contribution in [2.24, 2.45) is 0 Å². The highest BCUT2D eigenvalue weighted by Gasteiger charge is 2.11. The van der Waals surface area contributed by atoms with Crippen LogP contribution in [-0.4, -0.2) is 47.0 Å². The normalized spacial score (nSPS) is 16.9. The third-order valence-corrected chi connectivity index (χ3v) is 4.61. The lowest BCUT2D eigenvalue weighted by Gasteiger charge is -2.19. The van der Waals surface area contributed by atoms with Gasteiger partial charge in [0.05, 0.1) is 13.3 Å². The Kier molecular flexibility index (Phi) is 3.81. The molecule has 0 amide bonds. The largest absolute Gasteiger partial charge is 0.362 e. The van der Waals surface area contributed by atoms with Crippen molar-refractivity contribution in [3.63, 3.8) is 0 Å². The third-order valence-electron chi connectivity index (χ3n) is 4.61. The van der Waals surface area contributed by atoms with E-state index in [4.69, 9.17) is 0 Å². The van der Waals surface area contributed by atoms with Crippen LogP contribution in [0.3, 0.4) is 0 Å². The Morgan fingerprint density at radius 3 is 1.50 bits per heavy atom. The predicted molar refractivity (Wildman–Crippen MR) is 98.6 cm³/mol. The van der Waals surface area contributed by atoms with E-state index < -0.39 is 0 Å². The molecule has 4 nitrogen and oxygen atoms in total. The molecule has 124 valence electrons. The highest BCUT2D eigenvalue weighted by atomic mass is 15.3. The van der Waals surface area contributed by atoms with Gasteiger partial charge in [0.25, 0.3) is 0 Å². The molecule has 0 saturated carbocycles. The quantitative estimate of drug-likeness (QED) is 0.857. The van der Waals surface area contributed by atoms with E-state index in [1.54, 1.807) is 0 Å². The smallest absolute Gasteiger partial charge is 0.0894 e. The molecule has 0 N–H and O–H groups in total. The zero-order valence-electron chi connectivity index (χ0n) is 14.4. The zero-order valence-corrected chi connectivity index (χ0v) is 14.4. The molecule has 0 radical (unpaired) electrons. The first-order chi connectivity index (χ1) is 11.7. The van der Waals surface area contributed by atoms with Gasteiger partial charge in [-0.15, -0.1) is 0 Å². The van der Waals surface area contributed by atoms with Gasteiger partial charge in [-0.3, -0.25) is 0 Å². The van der Waals surface area contributed by atoms with E-state index in [9.17, 15) is 0 Å². The number of fused-ring (bicyclic) bond motifs is 1. The molecule has 4 rings (SSSR count). The van der Waals surface area contributed by atoms with Crippen molar-refractivity contribution in [3.8, 4) is 0 Å². The fourth-order valence-corrected chi connectivity index (χ4v) is 3.39. The highest BCUT2D eigenvalue weighted by molar-refractivity contribution is 5.83. The third kappa shape index (κ3) is 3.18. The highest BCUT2D eigenvalue weighted by Crippen LogP contribution is 2.21. The monoisotopic (exact) mass is 320 g/mol. The van der Waals surface area contributed by atoms with Gasteiger partial charge in [-0.25, -0.2) is 0 Å². The summed E-state index contributed by atoms with van der Waals surface area (Å²) in [4.78, 5) is 9.03. The van der Waals surface area contributed by atoms with Gasteiger partial charge in [-0.05, 0) is 34.0 Å². The minimum atomic E-state index is 0.962. The van der Waals surface area contributed by atoms with Crippen molar-refractivity contribution in [3.05, 3.63) is 72.3 Å². The molecule has 0 fully saturated rings. The van der Waals surface area contributed by atoms with Crippen LogP contribution < -0.4 is 0 Å². The van der Waals surface area contributed by atoms with Crippen molar-refractivity contribution in [2.75, 3.05) is 27.4 Å². The van der Waals surface area contributed by atoms with Gasteiger partial charge in [-0.2, -0.15) is 0 Å². The van der Waals surface area contributed by atoms with Gasteiger partial charge in [0.15, 0.2) is 0 Å². The second-order valence-corrected chi connectivity index (χ2v) is 6.90. The molecule has 2 aliphatic rings. The summed E-state index contributed by atoms with van der Waals surface area (Å²) in [5.41, 5.74) is 2.72. The summed E-state index contributed by atoms with van der Waals surface area (Å²) in [6.07, 6.45) is 8.57. The summed E-state index contributed by atoms with van der Waals surface area (Å²) in [6, 6.07) is 13.6. The molecule has 24 heavy (non-hydrogen) atoms. The molecule has 0 aromatic heterocycles. The number of nitrogens with zero attached hydrogens (tertiary/aromatic N) is 4. The molecule has 0 atom stereocenters. The molecule has 2 aromatic rings. The summed E-state index contributed by atoms with van der Waals surface area (Å²) < 4.78 is 0. The lowest BCUT2D eigenvalue weighted by atomic mass is 10.0. The maximum absolute atomic E-state index is 2.33.